The minimum absolute atomic E-state index is 0.890. The average Bonchev–Trinajstić information content (AvgIpc) is 2.03. The first-order valence-corrected chi connectivity index (χ1v) is 4.24. The first-order chi connectivity index (χ1) is 6.07. The summed E-state index contributed by atoms with van der Waals surface area (Å²) in [5.41, 5.74) is 3.09. The van der Waals surface area contributed by atoms with E-state index in [9.17, 15) is 0 Å². The summed E-state index contributed by atoms with van der Waals surface area (Å²) < 4.78 is 0. The highest BCUT2D eigenvalue weighted by Crippen LogP contribution is 2.08. The van der Waals surface area contributed by atoms with Crippen molar-refractivity contribution in [3.05, 3.63) is 48.2 Å². The van der Waals surface area contributed by atoms with Crippen molar-refractivity contribution in [3.63, 3.8) is 0 Å². The summed E-state index contributed by atoms with van der Waals surface area (Å²) in [6.07, 6.45) is 7.29. The number of hydrogen-bond acceptors (Lipinski definition) is 1. The average molecular weight is 175 g/mol. The number of hydrogen-bond donors (Lipinski definition) is 0. The third kappa shape index (κ3) is 5.85. The maximum atomic E-state index is 4.19. The summed E-state index contributed by atoms with van der Waals surface area (Å²) in [7, 11) is 0. The van der Waals surface area contributed by atoms with Gasteiger partial charge in [0.05, 0.1) is 5.70 Å². The predicted octanol–water partition coefficient (Wildman–Crippen LogP) is 3.67. The van der Waals surface area contributed by atoms with E-state index in [1.54, 1.807) is 12.3 Å². The molecular formula is C12H17N. The van der Waals surface area contributed by atoms with Gasteiger partial charge in [0.15, 0.2) is 0 Å². The Morgan fingerprint density at radius 3 is 2.15 bits per heavy atom. The molecule has 0 bridgehead atoms. The van der Waals surface area contributed by atoms with Gasteiger partial charge in [0.25, 0.3) is 0 Å². The molecule has 0 amide bonds. The van der Waals surface area contributed by atoms with Crippen LogP contribution in [0.4, 0.5) is 0 Å². The first kappa shape index (κ1) is 11.6. The highest BCUT2D eigenvalue weighted by Gasteiger charge is 1.90. The predicted molar refractivity (Wildman–Crippen MR) is 61.0 cm³/mol. The molecule has 0 aromatic rings. The van der Waals surface area contributed by atoms with Gasteiger partial charge in [0, 0.05) is 6.21 Å². The van der Waals surface area contributed by atoms with Gasteiger partial charge >= 0.3 is 0 Å². The lowest BCUT2D eigenvalue weighted by atomic mass is 10.2. The molecule has 0 aliphatic heterocycles. The van der Waals surface area contributed by atoms with Crippen LogP contribution in [0, 0.1) is 0 Å². The second kappa shape index (κ2) is 6.18. The summed E-state index contributed by atoms with van der Waals surface area (Å²) in [4.78, 5) is 4.19. The summed E-state index contributed by atoms with van der Waals surface area (Å²) in [5.74, 6) is 0. The first-order valence-electron chi connectivity index (χ1n) is 4.24. The van der Waals surface area contributed by atoms with Gasteiger partial charge in [-0.1, -0.05) is 30.9 Å². The zero-order valence-electron chi connectivity index (χ0n) is 8.67. The van der Waals surface area contributed by atoms with E-state index < -0.39 is 0 Å². The van der Waals surface area contributed by atoms with Gasteiger partial charge in [-0.15, -0.1) is 0 Å². The Labute approximate surface area is 80.9 Å². The third-order valence-corrected chi connectivity index (χ3v) is 1.33. The lowest BCUT2D eigenvalue weighted by Crippen LogP contribution is -1.79. The van der Waals surface area contributed by atoms with E-state index in [2.05, 4.69) is 18.2 Å². The molecule has 0 unspecified atom stereocenters. The Hall–Kier alpha value is -1.37. The van der Waals surface area contributed by atoms with Crippen LogP contribution in [0.25, 0.3) is 0 Å². The van der Waals surface area contributed by atoms with Crippen molar-refractivity contribution in [2.45, 2.75) is 20.8 Å². The molecule has 0 aromatic carbocycles. The Kier molecular flexibility index (Phi) is 5.53. The Bertz CT molecular complexity index is 273. The largest absolute Gasteiger partial charge is 0.257 e. The fourth-order valence-corrected chi connectivity index (χ4v) is 0.674. The highest BCUT2D eigenvalue weighted by molar-refractivity contribution is 5.72. The Morgan fingerprint density at radius 2 is 1.77 bits per heavy atom. The zero-order chi connectivity index (χ0) is 10.3. The Morgan fingerprint density at radius 1 is 1.15 bits per heavy atom. The molecule has 0 saturated heterocycles. The maximum Gasteiger partial charge on any atom is 0.0652 e. The van der Waals surface area contributed by atoms with Crippen molar-refractivity contribution in [1.29, 1.82) is 0 Å². The van der Waals surface area contributed by atoms with Crippen molar-refractivity contribution in [2.75, 3.05) is 0 Å². The van der Waals surface area contributed by atoms with Gasteiger partial charge < -0.3 is 0 Å². The summed E-state index contributed by atoms with van der Waals surface area (Å²) in [6, 6.07) is 0. The molecule has 0 heterocycles. The SMILES string of the molecule is C=CC=N/C(=C/C=C(C)C)C(=C)C. The summed E-state index contributed by atoms with van der Waals surface area (Å²) in [5, 5.41) is 0. The number of aliphatic imine (C=N–C) groups is 1. The molecule has 0 saturated carbocycles. The molecule has 0 N–H and O–H groups in total. The van der Waals surface area contributed by atoms with E-state index in [4.69, 9.17) is 0 Å². The second-order valence-electron chi connectivity index (χ2n) is 3.09. The van der Waals surface area contributed by atoms with Crippen LogP contribution in [0.5, 0.6) is 0 Å². The van der Waals surface area contributed by atoms with Crippen LogP contribution in [0.3, 0.4) is 0 Å². The van der Waals surface area contributed by atoms with E-state index >= 15 is 0 Å². The van der Waals surface area contributed by atoms with Crippen molar-refractivity contribution in [1.82, 2.24) is 0 Å². The molecule has 0 rings (SSSR count). The van der Waals surface area contributed by atoms with Crippen molar-refractivity contribution >= 4 is 6.21 Å². The fourth-order valence-electron chi connectivity index (χ4n) is 0.674. The van der Waals surface area contributed by atoms with Crippen LogP contribution in [0.15, 0.2) is 53.2 Å². The molecule has 0 fully saturated rings. The number of rotatable bonds is 4. The van der Waals surface area contributed by atoms with E-state index in [1.165, 1.54) is 5.57 Å². The molecule has 0 aromatic heterocycles. The van der Waals surface area contributed by atoms with Gasteiger partial charge in [-0.25, -0.2) is 0 Å². The zero-order valence-corrected chi connectivity index (χ0v) is 8.67. The van der Waals surface area contributed by atoms with Crippen LogP contribution in [-0.2, 0) is 0 Å². The van der Waals surface area contributed by atoms with Gasteiger partial charge in [-0.05, 0) is 32.4 Å². The molecular weight excluding hydrogens is 158 g/mol. The molecule has 0 spiro atoms. The molecule has 0 radical (unpaired) electrons. The van der Waals surface area contributed by atoms with Gasteiger partial charge in [-0.3, -0.25) is 4.99 Å². The molecule has 0 aliphatic rings. The molecule has 1 nitrogen and oxygen atoms in total. The van der Waals surface area contributed by atoms with Gasteiger partial charge in [0.2, 0.25) is 0 Å². The molecule has 1 heteroatoms. The minimum atomic E-state index is 0.890. The standard InChI is InChI=1S/C12H17N/c1-6-9-13-12(11(4)5)8-7-10(2)3/h6-9H,1,4H2,2-3,5H3/b12-8+,13-9?. The van der Waals surface area contributed by atoms with Crippen LogP contribution in [0.1, 0.15) is 20.8 Å². The monoisotopic (exact) mass is 175 g/mol. The quantitative estimate of drug-likeness (QED) is 0.456. The highest BCUT2D eigenvalue weighted by atomic mass is 14.7. The van der Waals surface area contributed by atoms with E-state index in [0.717, 1.165) is 11.3 Å². The van der Waals surface area contributed by atoms with Crippen LogP contribution in [0.2, 0.25) is 0 Å². The van der Waals surface area contributed by atoms with Gasteiger partial charge in [-0.2, -0.15) is 0 Å². The topological polar surface area (TPSA) is 12.4 Å². The minimum Gasteiger partial charge on any atom is -0.257 e. The van der Waals surface area contributed by atoms with Crippen molar-refractivity contribution in [2.24, 2.45) is 4.99 Å². The third-order valence-electron chi connectivity index (χ3n) is 1.33. The molecule has 70 valence electrons. The van der Waals surface area contributed by atoms with E-state index in [1.807, 2.05) is 32.9 Å². The smallest absolute Gasteiger partial charge is 0.0652 e. The van der Waals surface area contributed by atoms with Crippen LogP contribution in [-0.4, -0.2) is 6.21 Å². The lowest BCUT2D eigenvalue weighted by molar-refractivity contribution is 1.29. The van der Waals surface area contributed by atoms with Gasteiger partial charge in [0.1, 0.15) is 0 Å². The number of nitrogens with zero attached hydrogens (tertiary/aromatic N) is 1. The van der Waals surface area contributed by atoms with E-state index in [0.29, 0.717) is 0 Å². The van der Waals surface area contributed by atoms with Crippen LogP contribution < -0.4 is 0 Å². The Balaban J connectivity index is 4.70. The normalized spacial score (nSPS) is 11.5. The van der Waals surface area contributed by atoms with E-state index in [-0.39, 0.29) is 0 Å². The molecule has 0 aliphatic carbocycles. The summed E-state index contributed by atoms with van der Waals surface area (Å²) >= 11 is 0. The van der Waals surface area contributed by atoms with Crippen molar-refractivity contribution < 1.29 is 0 Å². The van der Waals surface area contributed by atoms with Crippen LogP contribution >= 0.6 is 0 Å². The molecule has 13 heavy (non-hydrogen) atoms. The lowest BCUT2D eigenvalue weighted by Gasteiger charge is -1.97. The second-order valence-corrected chi connectivity index (χ2v) is 3.09. The summed E-state index contributed by atoms with van der Waals surface area (Å²) in [6.45, 7) is 13.4. The molecule has 0 atom stereocenters. The fraction of sp³-hybridized carbons (Fsp3) is 0.250. The maximum absolute atomic E-state index is 4.19. The number of allylic oxidation sites excluding steroid dienone is 5. The van der Waals surface area contributed by atoms with Crippen molar-refractivity contribution in [3.8, 4) is 0 Å².